The Morgan fingerprint density at radius 3 is 2.62 bits per heavy atom. The molecule has 0 saturated heterocycles. The van der Waals surface area contributed by atoms with E-state index in [0.29, 0.717) is 23.1 Å². The van der Waals surface area contributed by atoms with Crippen molar-refractivity contribution in [3.05, 3.63) is 38.7 Å². The number of benzene rings is 1. The molecular weight excluding hydrogens is 336 g/mol. The second kappa shape index (κ2) is 7.49. The molecule has 0 N–H and O–H groups in total. The Labute approximate surface area is 143 Å². The summed E-state index contributed by atoms with van der Waals surface area (Å²) >= 11 is 6.11. The molecule has 0 aliphatic heterocycles. The van der Waals surface area contributed by atoms with Gasteiger partial charge in [-0.05, 0) is 31.9 Å². The van der Waals surface area contributed by atoms with Crippen LogP contribution in [0.2, 0.25) is 5.02 Å². The number of hydrogen-bond donors (Lipinski definition) is 0. The summed E-state index contributed by atoms with van der Waals surface area (Å²) in [6.07, 6.45) is 0.302. The normalized spacial score (nSPS) is 10.7. The van der Waals surface area contributed by atoms with Gasteiger partial charge in [-0.15, -0.1) is 0 Å². The number of carbonyl (C=O) groups excluding carboxylic acids is 2. The quantitative estimate of drug-likeness (QED) is 0.467. The fraction of sp³-hybridized carbons (Fsp3) is 0.353. The van der Waals surface area contributed by atoms with Crippen LogP contribution in [0, 0.1) is 6.92 Å². The van der Waals surface area contributed by atoms with Crippen LogP contribution < -0.4 is 10.4 Å². The molecule has 1 heterocycles. The molecule has 0 saturated carbocycles. The number of hydrogen-bond acceptors (Lipinski definition) is 6. The van der Waals surface area contributed by atoms with Crippen LogP contribution >= 0.6 is 11.6 Å². The molecular formula is C17H17ClO6. The van der Waals surface area contributed by atoms with Gasteiger partial charge >= 0.3 is 17.6 Å². The summed E-state index contributed by atoms with van der Waals surface area (Å²) in [6, 6.07) is 2.98. The van der Waals surface area contributed by atoms with Gasteiger partial charge < -0.3 is 13.9 Å². The highest BCUT2D eigenvalue weighted by molar-refractivity contribution is 6.33. The molecule has 2 rings (SSSR count). The van der Waals surface area contributed by atoms with Crippen LogP contribution in [-0.4, -0.2) is 18.5 Å². The maximum Gasteiger partial charge on any atom is 0.339 e. The van der Waals surface area contributed by atoms with Crippen LogP contribution in [0.3, 0.4) is 0 Å². The molecule has 0 radical (unpaired) electrons. The molecule has 24 heavy (non-hydrogen) atoms. The Morgan fingerprint density at radius 1 is 1.29 bits per heavy atom. The number of fused-ring (bicyclic) bond motifs is 1. The van der Waals surface area contributed by atoms with Crippen molar-refractivity contribution in [2.24, 2.45) is 0 Å². The van der Waals surface area contributed by atoms with Crippen LogP contribution in [-0.2, 0) is 20.7 Å². The fourth-order valence-corrected chi connectivity index (χ4v) is 2.57. The van der Waals surface area contributed by atoms with Gasteiger partial charge in [0.25, 0.3) is 0 Å². The first kappa shape index (κ1) is 18.0. The second-order valence-electron chi connectivity index (χ2n) is 5.17. The Bertz CT molecular complexity index is 852. The van der Waals surface area contributed by atoms with Gasteiger partial charge in [0.15, 0.2) is 5.75 Å². The third kappa shape index (κ3) is 3.94. The minimum absolute atomic E-state index is 0.0875. The smallest absolute Gasteiger partial charge is 0.339 e. The predicted octanol–water partition coefficient (Wildman–Crippen LogP) is 3.18. The first-order valence-electron chi connectivity index (χ1n) is 7.43. The highest BCUT2D eigenvalue weighted by Gasteiger charge is 2.16. The largest absolute Gasteiger partial charge is 0.466 e. The van der Waals surface area contributed by atoms with Gasteiger partial charge in [-0.2, -0.15) is 0 Å². The highest BCUT2D eigenvalue weighted by Crippen LogP contribution is 2.32. The standard InChI is InChI=1S/C17H17ClO6/c1-4-22-16(20)6-5-11-9(2)12-7-13(18)15(23-10(3)19)8-14(12)24-17(11)21/h7-8H,4-6H2,1-3H3. The van der Waals surface area contributed by atoms with E-state index in [1.807, 2.05) is 0 Å². The topological polar surface area (TPSA) is 82.8 Å². The minimum atomic E-state index is -0.541. The fourth-order valence-electron chi connectivity index (χ4n) is 2.37. The van der Waals surface area contributed by atoms with Crippen molar-refractivity contribution in [1.29, 1.82) is 0 Å². The van der Waals surface area contributed by atoms with Crippen molar-refractivity contribution >= 4 is 34.5 Å². The monoisotopic (exact) mass is 352 g/mol. The summed E-state index contributed by atoms with van der Waals surface area (Å²) in [7, 11) is 0. The van der Waals surface area contributed by atoms with E-state index in [1.165, 1.54) is 13.0 Å². The third-order valence-corrected chi connectivity index (χ3v) is 3.77. The summed E-state index contributed by atoms with van der Waals surface area (Å²) in [4.78, 5) is 34.7. The average Bonchev–Trinajstić information content (AvgIpc) is 2.49. The number of rotatable bonds is 5. The van der Waals surface area contributed by atoms with E-state index in [0.717, 1.165) is 0 Å². The van der Waals surface area contributed by atoms with E-state index in [-0.39, 0.29) is 35.2 Å². The first-order chi connectivity index (χ1) is 11.3. The molecule has 6 nitrogen and oxygen atoms in total. The third-order valence-electron chi connectivity index (χ3n) is 3.48. The zero-order chi connectivity index (χ0) is 17.9. The molecule has 0 amide bonds. The molecule has 0 atom stereocenters. The van der Waals surface area contributed by atoms with Crippen molar-refractivity contribution < 1.29 is 23.5 Å². The van der Waals surface area contributed by atoms with E-state index in [4.69, 9.17) is 25.5 Å². The lowest BCUT2D eigenvalue weighted by molar-refractivity contribution is -0.143. The maximum absolute atomic E-state index is 12.2. The molecule has 7 heteroatoms. The maximum atomic E-state index is 12.2. The van der Waals surface area contributed by atoms with Crippen LogP contribution in [0.25, 0.3) is 11.0 Å². The van der Waals surface area contributed by atoms with Gasteiger partial charge in [0.2, 0.25) is 0 Å². The number of ether oxygens (including phenoxy) is 2. The zero-order valence-electron chi connectivity index (χ0n) is 13.6. The molecule has 2 aromatic rings. The number of esters is 2. The molecule has 0 spiro atoms. The number of carbonyl (C=O) groups is 2. The molecule has 128 valence electrons. The van der Waals surface area contributed by atoms with Crippen LogP contribution in [0.4, 0.5) is 0 Å². The van der Waals surface area contributed by atoms with Gasteiger partial charge in [0.05, 0.1) is 11.6 Å². The lowest BCUT2D eigenvalue weighted by Crippen LogP contribution is -2.14. The van der Waals surface area contributed by atoms with Gasteiger partial charge in [-0.25, -0.2) is 4.79 Å². The van der Waals surface area contributed by atoms with Crippen LogP contribution in [0.1, 0.15) is 31.4 Å². The van der Waals surface area contributed by atoms with E-state index in [1.54, 1.807) is 19.9 Å². The minimum Gasteiger partial charge on any atom is -0.466 e. The van der Waals surface area contributed by atoms with Crippen molar-refractivity contribution in [1.82, 2.24) is 0 Å². The number of aryl methyl sites for hydroxylation is 1. The summed E-state index contributed by atoms with van der Waals surface area (Å²) in [5.41, 5.74) is 0.784. The average molecular weight is 353 g/mol. The van der Waals surface area contributed by atoms with Crippen LogP contribution in [0.5, 0.6) is 5.75 Å². The van der Waals surface area contributed by atoms with Gasteiger partial charge in [0, 0.05) is 30.4 Å². The van der Waals surface area contributed by atoms with Crippen molar-refractivity contribution in [2.45, 2.75) is 33.6 Å². The number of halogens is 1. The lowest BCUT2D eigenvalue weighted by Gasteiger charge is -2.10. The zero-order valence-corrected chi connectivity index (χ0v) is 14.4. The molecule has 1 aromatic heterocycles. The van der Waals surface area contributed by atoms with E-state index in [9.17, 15) is 14.4 Å². The van der Waals surface area contributed by atoms with Crippen molar-refractivity contribution in [3.63, 3.8) is 0 Å². The van der Waals surface area contributed by atoms with E-state index < -0.39 is 11.6 Å². The Balaban J connectivity index is 2.44. The molecule has 1 aromatic carbocycles. The molecule has 0 unspecified atom stereocenters. The van der Waals surface area contributed by atoms with E-state index >= 15 is 0 Å². The first-order valence-corrected chi connectivity index (χ1v) is 7.81. The summed E-state index contributed by atoms with van der Waals surface area (Å²) in [5, 5.41) is 0.848. The van der Waals surface area contributed by atoms with Gasteiger partial charge in [-0.3, -0.25) is 9.59 Å². The molecule has 0 fully saturated rings. The Hall–Kier alpha value is -2.34. The summed E-state index contributed by atoms with van der Waals surface area (Å²) < 4.78 is 15.1. The molecule has 0 bridgehead atoms. The Kier molecular flexibility index (Phi) is 5.62. The predicted molar refractivity (Wildman–Crippen MR) is 88.5 cm³/mol. The summed E-state index contributed by atoms with van der Waals surface area (Å²) in [5.74, 6) is -0.778. The van der Waals surface area contributed by atoms with Gasteiger partial charge in [0.1, 0.15) is 5.58 Å². The van der Waals surface area contributed by atoms with Crippen molar-refractivity contribution in [2.75, 3.05) is 6.61 Å². The lowest BCUT2D eigenvalue weighted by atomic mass is 10.0. The Morgan fingerprint density at radius 2 is 2.00 bits per heavy atom. The van der Waals surface area contributed by atoms with Crippen LogP contribution in [0.15, 0.2) is 21.3 Å². The molecule has 0 aliphatic rings. The summed E-state index contributed by atoms with van der Waals surface area (Å²) in [6.45, 7) is 5.01. The van der Waals surface area contributed by atoms with Gasteiger partial charge in [-0.1, -0.05) is 11.6 Å². The van der Waals surface area contributed by atoms with E-state index in [2.05, 4.69) is 0 Å². The molecule has 0 aliphatic carbocycles. The van der Waals surface area contributed by atoms with Crippen molar-refractivity contribution in [3.8, 4) is 5.75 Å². The highest BCUT2D eigenvalue weighted by atomic mass is 35.5. The SMILES string of the molecule is CCOC(=O)CCc1c(C)c2cc(Cl)c(OC(C)=O)cc2oc1=O. The second-order valence-corrected chi connectivity index (χ2v) is 5.58.